The highest BCUT2D eigenvalue weighted by atomic mass is 16.5. The van der Waals surface area contributed by atoms with Gasteiger partial charge >= 0.3 is 0 Å². The first-order valence-electron chi connectivity index (χ1n) is 8.69. The molecule has 0 aromatic heterocycles. The second-order valence-electron chi connectivity index (χ2n) is 7.85. The fourth-order valence-electron chi connectivity index (χ4n) is 5.02. The van der Waals surface area contributed by atoms with Gasteiger partial charge < -0.3 is 14.5 Å². The fraction of sp³-hybridized carbons (Fsp3) is 0.632. The molecule has 1 spiro atoms. The molecule has 2 aliphatic heterocycles. The van der Waals surface area contributed by atoms with Crippen molar-refractivity contribution in [3.8, 4) is 5.75 Å². The Morgan fingerprint density at radius 1 is 1.04 bits per heavy atom. The van der Waals surface area contributed by atoms with E-state index in [9.17, 15) is 4.79 Å². The number of methoxy groups -OCH3 is 1. The quantitative estimate of drug-likeness (QED) is 0.858. The summed E-state index contributed by atoms with van der Waals surface area (Å²) in [7, 11) is 3.84. The van der Waals surface area contributed by atoms with Crippen molar-refractivity contribution in [1.82, 2.24) is 9.80 Å². The van der Waals surface area contributed by atoms with Crippen LogP contribution < -0.4 is 4.74 Å². The van der Waals surface area contributed by atoms with Crippen LogP contribution >= 0.6 is 0 Å². The van der Waals surface area contributed by atoms with E-state index in [-0.39, 0.29) is 5.41 Å². The molecule has 1 aromatic carbocycles. The SMILES string of the molecule is COc1ccc(C2(C(=O)N3CC4(CN(C)C4)C3)CCCC2)cc1. The second kappa shape index (κ2) is 5.23. The number of benzene rings is 1. The Labute approximate surface area is 138 Å². The van der Waals surface area contributed by atoms with Crippen LogP contribution in [0.4, 0.5) is 0 Å². The standard InChI is InChI=1S/C19H26N2O2/c1-20-11-18(12-20)13-21(14-18)17(22)19(9-3-4-10-19)15-5-7-16(23-2)8-6-15/h5-8H,3-4,9-14H2,1-2H3. The number of carbonyl (C=O) groups is 1. The Hall–Kier alpha value is -1.55. The van der Waals surface area contributed by atoms with Crippen LogP contribution in [0.2, 0.25) is 0 Å². The van der Waals surface area contributed by atoms with E-state index in [1.54, 1.807) is 7.11 Å². The monoisotopic (exact) mass is 314 g/mol. The molecule has 0 bridgehead atoms. The van der Waals surface area contributed by atoms with Gasteiger partial charge in [-0.25, -0.2) is 0 Å². The van der Waals surface area contributed by atoms with Gasteiger partial charge in [-0.15, -0.1) is 0 Å². The first-order chi connectivity index (χ1) is 11.1. The smallest absolute Gasteiger partial charge is 0.233 e. The molecule has 124 valence electrons. The predicted octanol–water partition coefficient (Wildman–Crippen LogP) is 2.28. The largest absolute Gasteiger partial charge is 0.497 e. The topological polar surface area (TPSA) is 32.8 Å². The van der Waals surface area contributed by atoms with E-state index >= 15 is 0 Å². The second-order valence-corrected chi connectivity index (χ2v) is 7.85. The molecule has 0 radical (unpaired) electrons. The van der Waals surface area contributed by atoms with Crippen molar-refractivity contribution in [3.63, 3.8) is 0 Å². The van der Waals surface area contributed by atoms with Crippen molar-refractivity contribution in [2.45, 2.75) is 31.1 Å². The van der Waals surface area contributed by atoms with Crippen molar-refractivity contribution in [2.75, 3.05) is 40.3 Å². The zero-order valence-electron chi connectivity index (χ0n) is 14.2. The molecule has 1 saturated carbocycles. The summed E-state index contributed by atoms with van der Waals surface area (Å²) >= 11 is 0. The number of amides is 1. The first kappa shape index (κ1) is 15.0. The molecule has 4 heteroatoms. The Kier molecular flexibility index (Phi) is 3.41. The van der Waals surface area contributed by atoms with Crippen molar-refractivity contribution < 1.29 is 9.53 Å². The van der Waals surface area contributed by atoms with Gasteiger partial charge in [-0.2, -0.15) is 0 Å². The van der Waals surface area contributed by atoms with Gasteiger partial charge in [0.2, 0.25) is 5.91 Å². The lowest BCUT2D eigenvalue weighted by Gasteiger charge is -2.60. The summed E-state index contributed by atoms with van der Waals surface area (Å²) in [5, 5.41) is 0. The number of nitrogens with zero attached hydrogens (tertiary/aromatic N) is 2. The van der Waals surface area contributed by atoms with E-state index in [0.29, 0.717) is 11.3 Å². The molecule has 3 aliphatic rings. The predicted molar refractivity (Wildman–Crippen MR) is 89.7 cm³/mol. The molecule has 0 atom stereocenters. The number of carbonyl (C=O) groups excluding carboxylic acids is 1. The highest BCUT2D eigenvalue weighted by Crippen LogP contribution is 2.47. The summed E-state index contributed by atoms with van der Waals surface area (Å²) in [5.74, 6) is 1.22. The molecule has 4 nitrogen and oxygen atoms in total. The lowest BCUT2D eigenvalue weighted by Crippen LogP contribution is -2.73. The van der Waals surface area contributed by atoms with E-state index in [4.69, 9.17) is 4.74 Å². The summed E-state index contributed by atoms with van der Waals surface area (Å²) in [4.78, 5) is 17.8. The Morgan fingerprint density at radius 3 is 2.17 bits per heavy atom. The Bertz CT molecular complexity index is 590. The summed E-state index contributed by atoms with van der Waals surface area (Å²) in [6.45, 7) is 4.20. The van der Waals surface area contributed by atoms with E-state index in [0.717, 1.165) is 57.6 Å². The van der Waals surface area contributed by atoms with Crippen LogP contribution in [0.25, 0.3) is 0 Å². The maximum Gasteiger partial charge on any atom is 0.233 e. The van der Waals surface area contributed by atoms with Crippen LogP contribution in [0, 0.1) is 5.41 Å². The summed E-state index contributed by atoms with van der Waals surface area (Å²) in [6, 6.07) is 8.16. The average molecular weight is 314 g/mol. The Balaban J connectivity index is 1.54. The normalized spacial score (nSPS) is 25.0. The molecule has 23 heavy (non-hydrogen) atoms. The molecular formula is C19H26N2O2. The lowest BCUT2D eigenvalue weighted by molar-refractivity contribution is -0.162. The number of hydrogen-bond acceptors (Lipinski definition) is 3. The summed E-state index contributed by atoms with van der Waals surface area (Å²) < 4.78 is 5.26. The summed E-state index contributed by atoms with van der Waals surface area (Å²) in [6.07, 6.45) is 4.28. The van der Waals surface area contributed by atoms with Crippen LogP contribution in [-0.2, 0) is 10.2 Å². The first-order valence-corrected chi connectivity index (χ1v) is 8.69. The third-order valence-electron chi connectivity index (χ3n) is 6.06. The minimum absolute atomic E-state index is 0.288. The minimum Gasteiger partial charge on any atom is -0.497 e. The van der Waals surface area contributed by atoms with Crippen molar-refractivity contribution in [2.24, 2.45) is 5.41 Å². The third kappa shape index (κ3) is 2.26. The summed E-state index contributed by atoms with van der Waals surface area (Å²) in [5.41, 5.74) is 1.29. The maximum atomic E-state index is 13.3. The highest BCUT2D eigenvalue weighted by molar-refractivity contribution is 5.89. The van der Waals surface area contributed by atoms with Crippen molar-refractivity contribution in [3.05, 3.63) is 29.8 Å². The molecule has 1 amide bonds. The molecule has 1 aromatic rings. The van der Waals surface area contributed by atoms with Crippen molar-refractivity contribution >= 4 is 5.91 Å². The zero-order valence-corrected chi connectivity index (χ0v) is 14.2. The van der Waals surface area contributed by atoms with Crippen LogP contribution in [0.15, 0.2) is 24.3 Å². The van der Waals surface area contributed by atoms with Crippen LogP contribution in [0.5, 0.6) is 5.75 Å². The van der Waals surface area contributed by atoms with Crippen LogP contribution in [-0.4, -0.2) is 56.0 Å². The van der Waals surface area contributed by atoms with E-state index in [1.165, 1.54) is 5.56 Å². The highest BCUT2D eigenvalue weighted by Gasteiger charge is 2.55. The molecule has 2 saturated heterocycles. The molecule has 4 rings (SSSR count). The number of hydrogen-bond donors (Lipinski definition) is 0. The molecule has 2 heterocycles. The van der Waals surface area contributed by atoms with Gasteiger partial charge in [0.15, 0.2) is 0 Å². The molecule has 1 aliphatic carbocycles. The van der Waals surface area contributed by atoms with Crippen molar-refractivity contribution in [1.29, 1.82) is 0 Å². The number of ether oxygens (including phenoxy) is 1. The van der Waals surface area contributed by atoms with Gasteiger partial charge in [0, 0.05) is 31.6 Å². The van der Waals surface area contributed by atoms with Gasteiger partial charge in [0.1, 0.15) is 5.75 Å². The fourth-order valence-corrected chi connectivity index (χ4v) is 5.02. The molecule has 3 fully saturated rings. The molecule has 0 unspecified atom stereocenters. The molecular weight excluding hydrogens is 288 g/mol. The van der Waals surface area contributed by atoms with E-state index in [2.05, 4.69) is 29.0 Å². The van der Waals surface area contributed by atoms with Gasteiger partial charge in [0.05, 0.1) is 12.5 Å². The van der Waals surface area contributed by atoms with Gasteiger partial charge in [-0.1, -0.05) is 25.0 Å². The van der Waals surface area contributed by atoms with Gasteiger partial charge in [-0.05, 0) is 37.6 Å². The third-order valence-corrected chi connectivity index (χ3v) is 6.06. The van der Waals surface area contributed by atoms with Crippen LogP contribution in [0.3, 0.4) is 0 Å². The van der Waals surface area contributed by atoms with Gasteiger partial charge in [-0.3, -0.25) is 4.79 Å². The van der Waals surface area contributed by atoms with Crippen LogP contribution in [0.1, 0.15) is 31.2 Å². The molecule has 0 N–H and O–H groups in total. The number of likely N-dealkylation sites (tertiary alicyclic amines) is 2. The number of rotatable bonds is 3. The lowest BCUT2D eigenvalue weighted by atomic mass is 9.70. The maximum absolute atomic E-state index is 13.3. The average Bonchev–Trinajstić information content (AvgIpc) is 3.00. The zero-order chi connectivity index (χ0) is 16.1. The van der Waals surface area contributed by atoms with E-state index in [1.807, 2.05) is 12.1 Å². The van der Waals surface area contributed by atoms with Gasteiger partial charge in [0.25, 0.3) is 0 Å². The Morgan fingerprint density at radius 2 is 1.65 bits per heavy atom. The van der Waals surface area contributed by atoms with E-state index < -0.39 is 0 Å². The minimum atomic E-state index is -0.288.